The Morgan fingerprint density at radius 3 is 2.76 bits per heavy atom. The average molecular weight is 364 g/mol. The van der Waals surface area contributed by atoms with Crippen LogP contribution in [0.1, 0.15) is 12.8 Å². The van der Waals surface area contributed by atoms with Gasteiger partial charge in [0, 0.05) is 26.3 Å². The van der Waals surface area contributed by atoms with Crippen LogP contribution >= 0.6 is 11.8 Å². The fourth-order valence-electron chi connectivity index (χ4n) is 2.62. The van der Waals surface area contributed by atoms with Crippen LogP contribution in [0.2, 0.25) is 0 Å². The van der Waals surface area contributed by atoms with Crippen molar-refractivity contribution >= 4 is 17.7 Å². The van der Waals surface area contributed by atoms with E-state index in [1.165, 1.54) is 23.9 Å². The smallest absolute Gasteiger partial charge is 0.232 e. The van der Waals surface area contributed by atoms with Gasteiger partial charge in [0.15, 0.2) is 11.0 Å². The summed E-state index contributed by atoms with van der Waals surface area (Å²) in [7, 11) is 3.45. The van der Waals surface area contributed by atoms with Gasteiger partial charge in [-0.2, -0.15) is 0 Å². The van der Waals surface area contributed by atoms with Crippen molar-refractivity contribution in [2.24, 2.45) is 0 Å². The van der Waals surface area contributed by atoms with Gasteiger partial charge >= 0.3 is 0 Å². The van der Waals surface area contributed by atoms with E-state index in [0.717, 1.165) is 25.0 Å². The Balaban J connectivity index is 1.86. The number of benzene rings is 1. The van der Waals surface area contributed by atoms with Crippen LogP contribution in [-0.4, -0.2) is 58.1 Å². The first-order valence-corrected chi connectivity index (χ1v) is 9.17. The summed E-state index contributed by atoms with van der Waals surface area (Å²) >= 11 is 1.35. The molecule has 0 spiro atoms. The largest absolute Gasteiger partial charge is 0.376 e. The second kappa shape index (κ2) is 7.97. The van der Waals surface area contributed by atoms with Crippen molar-refractivity contribution in [3.63, 3.8) is 0 Å². The molecule has 8 heteroatoms. The summed E-state index contributed by atoms with van der Waals surface area (Å²) in [5.74, 6) is 0.676. The van der Waals surface area contributed by atoms with Crippen LogP contribution in [0.5, 0.6) is 0 Å². The number of amides is 1. The molecule has 1 saturated heterocycles. The third-order valence-electron chi connectivity index (χ3n) is 4.05. The van der Waals surface area contributed by atoms with Crippen LogP contribution in [0.4, 0.5) is 4.39 Å². The lowest BCUT2D eigenvalue weighted by atomic mass is 10.2. The Labute approximate surface area is 150 Å². The third-order valence-corrected chi connectivity index (χ3v) is 5.00. The first kappa shape index (κ1) is 17.9. The van der Waals surface area contributed by atoms with Gasteiger partial charge in [0.1, 0.15) is 5.82 Å². The van der Waals surface area contributed by atoms with Gasteiger partial charge in [0.2, 0.25) is 5.91 Å². The molecule has 25 heavy (non-hydrogen) atoms. The number of carbonyl (C=O) groups excluding carboxylic acids is 1. The molecule has 1 aromatic carbocycles. The quantitative estimate of drug-likeness (QED) is 0.737. The molecule has 134 valence electrons. The molecule has 0 saturated carbocycles. The number of halogens is 1. The molecule has 0 N–H and O–H groups in total. The van der Waals surface area contributed by atoms with E-state index in [4.69, 9.17) is 4.74 Å². The summed E-state index contributed by atoms with van der Waals surface area (Å²) < 4.78 is 20.9. The first-order valence-electron chi connectivity index (χ1n) is 8.18. The summed E-state index contributed by atoms with van der Waals surface area (Å²) in [6.45, 7) is 1.39. The van der Waals surface area contributed by atoms with E-state index in [1.807, 2.05) is 4.57 Å². The van der Waals surface area contributed by atoms with Crippen molar-refractivity contribution in [1.82, 2.24) is 19.7 Å². The average Bonchev–Trinajstić information content (AvgIpc) is 3.24. The molecular formula is C17H21FN4O2S. The lowest BCUT2D eigenvalue weighted by Crippen LogP contribution is -2.24. The number of carbonyl (C=O) groups is 1. The molecule has 1 amide bonds. The van der Waals surface area contributed by atoms with E-state index in [-0.39, 0.29) is 17.8 Å². The van der Waals surface area contributed by atoms with E-state index < -0.39 is 0 Å². The molecule has 1 aromatic heterocycles. The van der Waals surface area contributed by atoms with Gasteiger partial charge in [-0.25, -0.2) is 4.39 Å². The van der Waals surface area contributed by atoms with Crippen LogP contribution in [-0.2, 0) is 16.1 Å². The Bertz CT molecular complexity index is 727. The summed E-state index contributed by atoms with van der Waals surface area (Å²) in [4.78, 5) is 13.4. The molecule has 2 heterocycles. The maximum Gasteiger partial charge on any atom is 0.232 e. The topological polar surface area (TPSA) is 60.2 Å². The minimum atomic E-state index is -0.292. The normalized spacial score (nSPS) is 17.0. The van der Waals surface area contributed by atoms with Crippen LogP contribution in [0.3, 0.4) is 0 Å². The summed E-state index contributed by atoms with van der Waals surface area (Å²) in [6.07, 6.45) is 2.14. The van der Waals surface area contributed by atoms with Crippen molar-refractivity contribution in [2.75, 3.05) is 26.5 Å². The Kier molecular flexibility index (Phi) is 5.70. The highest BCUT2D eigenvalue weighted by Gasteiger charge is 2.22. The SMILES string of the molecule is CN(C)C(=O)CSc1nnc(-c2ccc(F)cc2)n1CC1CCCO1. The molecular weight excluding hydrogens is 343 g/mol. The molecule has 1 unspecified atom stereocenters. The zero-order chi connectivity index (χ0) is 17.8. The van der Waals surface area contributed by atoms with E-state index >= 15 is 0 Å². The molecule has 0 aliphatic carbocycles. The van der Waals surface area contributed by atoms with Gasteiger partial charge in [0.05, 0.1) is 18.4 Å². The second-order valence-electron chi connectivity index (χ2n) is 6.14. The van der Waals surface area contributed by atoms with Crippen molar-refractivity contribution in [3.05, 3.63) is 30.1 Å². The standard InChI is InChI=1S/C17H21FN4O2S/c1-21(2)15(23)11-25-17-20-19-16(12-5-7-13(18)8-6-12)22(17)10-14-4-3-9-24-14/h5-8,14H,3-4,9-11H2,1-2H3. The molecule has 1 atom stereocenters. The Hall–Kier alpha value is -1.93. The first-order chi connectivity index (χ1) is 12.0. The summed E-state index contributed by atoms with van der Waals surface area (Å²) in [5, 5.41) is 9.19. The lowest BCUT2D eigenvalue weighted by Gasteiger charge is -2.15. The number of aromatic nitrogens is 3. The van der Waals surface area contributed by atoms with E-state index in [2.05, 4.69) is 10.2 Å². The highest BCUT2D eigenvalue weighted by atomic mass is 32.2. The molecule has 1 aliphatic heterocycles. The van der Waals surface area contributed by atoms with E-state index in [0.29, 0.717) is 23.3 Å². The summed E-state index contributed by atoms with van der Waals surface area (Å²) in [6, 6.07) is 6.18. The zero-order valence-electron chi connectivity index (χ0n) is 14.3. The van der Waals surface area contributed by atoms with Crippen molar-refractivity contribution in [3.8, 4) is 11.4 Å². The molecule has 1 aliphatic rings. The predicted molar refractivity (Wildman–Crippen MR) is 93.8 cm³/mol. The minimum absolute atomic E-state index is 0.0139. The van der Waals surface area contributed by atoms with Crippen molar-refractivity contribution in [2.45, 2.75) is 30.6 Å². The van der Waals surface area contributed by atoms with Gasteiger partial charge in [-0.15, -0.1) is 10.2 Å². The number of rotatable bonds is 6. The molecule has 3 rings (SSSR count). The molecule has 0 radical (unpaired) electrons. The Morgan fingerprint density at radius 1 is 1.36 bits per heavy atom. The number of nitrogens with zero attached hydrogens (tertiary/aromatic N) is 4. The van der Waals surface area contributed by atoms with E-state index in [9.17, 15) is 9.18 Å². The van der Waals surface area contributed by atoms with Crippen LogP contribution in [0.15, 0.2) is 29.4 Å². The fraction of sp³-hybridized carbons (Fsp3) is 0.471. The number of thioether (sulfide) groups is 1. The van der Waals surface area contributed by atoms with Gasteiger partial charge < -0.3 is 9.64 Å². The minimum Gasteiger partial charge on any atom is -0.376 e. The highest BCUT2D eigenvalue weighted by Crippen LogP contribution is 2.26. The molecule has 0 bridgehead atoms. The highest BCUT2D eigenvalue weighted by molar-refractivity contribution is 7.99. The van der Waals surface area contributed by atoms with Crippen LogP contribution in [0, 0.1) is 5.82 Å². The van der Waals surface area contributed by atoms with E-state index in [1.54, 1.807) is 31.1 Å². The monoisotopic (exact) mass is 364 g/mol. The lowest BCUT2D eigenvalue weighted by molar-refractivity contribution is -0.125. The molecule has 2 aromatic rings. The predicted octanol–water partition coefficient (Wildman–Crippen LogP) is 2.44. The van der Waals surface area contributed by atoms with Crippen molar-refractivity contribution < 1.29 is 13.9 Å². The van der Waals surface area contributed by atoms with Crippen LogP contribution < -0.4 is 0 Å². The number of ether oxygens (including phenoxy) is 1. The van der Waals surface area contributed by atoms with Gasteiger partial charge in [-0.3, -0.25) is 9.36 Å². The maximum atomic E-state index is 13.2. The number of hydrogen-bond acceptors (Lipinski definition) is 5. The second-order valence-corrected chi connectivity index (χ2v) is 7.08. The number of hydrogen-bond donors (Lipinski definition) is 0. The maximum absolute atomic E-state index is 13.2. The van der Waals surface area contributed by atoms with Crippen LogP contribution in [0.25, 0.3) is 11.4 Å². The van der Waals surface area contributed by atoms with Gasteiger partial charge in [-0.1, -0.05) is 11.8 Å². The van der Waals surface area contributed by atoms with Gasteiger partial charge in [-0.05, 0) is 37.1 Å². The third kappa shape index (κ3) is 4.38. The van der Waals surface area contributed by atoms with Crippen molar-refractivity contribution in [1.29, 1.82) is 0 Å². The Morgan fingerprint density at radius 2 is 2.12 bits per heavy atom. The molecule has 1 fully saturated rings. The zero-order valence-corrected chi connectivity index (χ0v) is 15.1. The summed E-state index contributed by atoms with van der Waals surface area (Å²) in [5.41, 5.74) is 0.790. The fourth-order valence-corrected chi connectivity index (χ4v) is 3.55. The molecule has 6 nitrogen and oxygen atoms in total. The van der Waals surface area contributed by atoms with Gasteiger partial charge in [0.25, 0.3) is 0 Å².